The fourth-order valence-electron chi connectivity index (χ4n) is 4.69. The summed E-state index contributed by atoms with van der Waals surface area (Å²) in [6.45, 7) is 0. The normalized spacial score (nSPS) is 12.1. The van der Waals surface area contributed by atoms with Gasteiger partial charge in [0.2, 0.25) is 12.7 Å². The molecule has 140 valence electrons. The molecule has 4 aromatic carbocycles. The van der Waals surface area contributed by atoms with Crippen molar-refractivity contribution in [3.05, 3.63) is 97.6 Å². The van der Waals surface area contributed by atoms with Gasteiger partial charge in [0.1, 0.15) is 24.8 Å². The predicted octanol–water partition coefficient (Wildman–Crippen LogP) is 3.93. The van der Waals surface area contributed by atoms with Gasteiger partial charge in [-0.05, 0) is 38.4 Å². The summed E-state index contributed by atoms with van der Waals surface area (Å²) in [5.41, 5.74) is 1.29. The van der Waals surface area contributed by atoms with Crippen molar-refractivity contribution in [3.63, 3.8) is 0 Å². The van der Waals surface area contributed by atoms with Crippen LogP contribution in [0.15, 0.2) is 92.0 Å². The second-order valence-corrected chi connectivity index (χ2v) is 7.94. The Morgan fingerprint density at radius 3 is 1.79 bits per heavy atom. The zero-order valence-corrected chi connectivity index (χ0v) is 16.5. The molecule has 0 aliphatic carbocycles. The summed E-state index contributed by atoms with van der Waals surface area (Å²) in [6.07, 6.45) is 12.8. The Kier molecular flexibility index (Phi) is 3.33. The lowest BCUT2D eigenvalue weighted by atomic mass is 9.91. The van der Waals surface area contributed by atoms with Crippen LogP contribution in [0.4, 0.5) is 0 Å². The molecule has 4 nitrogen and oxygen atoms in total. The average Bonchev–Trinajstić information content (AvgIpc) is 3.36. The first-order valence-corrected chi connectivity index (χ1v) is 9.91. The highest BCUT2D eigenvalue weighted by Crippen LogP contribution is 2.38. The molecule has 0 atom stereocenters. The van der Waals surface area contributed by atoms with Crippen molar-refractivity contribution in [2.24, 2.45) is 14.1 Å². The first kappa shape index (κ1) is 16.3. The Labute approximate surface area is 168 Å². The predicted molar refractivity (Wildman–Crippen MR) is 115 cm³/mol. The summed E-state index contributed by atoms with van der Waals surface area (Å²) in [6, 6.07) is 20.1. The van der Waals surface area contributed by atoms with Gasteiger partial charge in [0.25, 0.3) is 6.17 Å². The van der Waals surface area contributed by atoms with Crippen molar-refractivity contribution in [1.29, 1.82) is 0 Å². The fraction of sp³-hybridized carbons (Fsp3) is 0.120. The van der Waals surface area contributed by atoms with Crippen molar-refractivity contribution < 1.29 is 9.13 Å². The van der Waals surface area contributed by atoms with Crippen molar-refractivity contribution in [2.45, 2.75) is 6.17 Å². The lowest BCUT2D eigenvalue weighted by Crippen LogP contribution is -2.28. The number of hydrogen-bond acceptors (Lipinski definition) is 0. The summed E-state index contributed by atoms with van der Waals surface area (Å²) >= 11 is 0. The third-order valence-corrected chi connectivity index (χ3v) is 5.98. The van der Waals surface area contributed by atoms with E-state index in [4.69, 9.17) is 0 Å². The van der Waals surface area contributed by atoms with E-state index in [0.29, 0.717) is 0 Å². The summed E-state index contributed by atoms with van der Waals surface area (Å²) < 4.78 is 8.72. The lowest BCUT2D eigenvalue weighted by molar-refractivity contribution is -0.672. The standard InChI is InChI=1S/C25H22N4/c1-26-12-14-28(16-26)25(29-15-13-27(2)17-29)22-11-9-20-7-6-18-4-3-5-19-8-10-21(22)24(20)23(18)19/h3-17,25H,1-2H3/q+2. The van der Waals surface area contributed by atoms with Crippen LogP contribution in [0.2, 0.25) is 0 Å². The minimum Gasteiger partial charge on any atom is -0.239 e. The SMILES string of the molecule is C[n+]1ccn(C(c2ccc3ccc4cccc5ccc2c3c45)n2cc[n+](C)c2)c1. The highest BCUT2D eigenvalue weighted by Gasteiger charge is 2.28. The Hall–Kier alpha value is -3.66. The van der Waals surface area contributed by atoms with Crippen LogP contribution in [0.1, 0.15) is 11.7 Å². The van der Waals surface area contributed by atoms with E-state index in [9.17, 15) is 0 Å². The molecule has 0 radical (unpaired) electrons. The number of aryl methyl sites for hydroxylation is 2. The number of hydrogen-bond donors (Lipinski definition) is 0. The Morgan fingerprint density at radius 2 is 1.21 bits per heavy atom. The second-order valence-electron chi connectivity index (χ2n) is 7.94. The van der Waals surface area contributed by atoms with Crippen LogP contribution < -0.4 is 9.13 Å². The number of imidazole rings is 2. The summed E-state index contributed by atoms with van der Waals surface area (Å²) in [7, 11) is 4.13. The Morgan fingerprint density at radius 1 is 0.655 bits per heavy atom. The molecule has 0 amide bonds. The molecule has 0 fully saturated rings. The van der Waals surface area contributed by atoms with E-state index in [1.54, 1.807) is 0 Å². The first-order chi connectivity index (χ1) is 14.2. The van der Waals surface area contributed by atoms with Crippen LogP contribution in [0.5, 0.6) is 0 Å². The van der Waals surface area contributed by atoms with E-state index in [2.05, 4.69) is 124 Å². The molecule has 6 rings (SSSR count). The van der Waals surface area contributed by atoms with Gasteiger partial charge in [-0.1, -0.05) is 48.5 Å². The van der Waals surface area contributed by atoms with Crippen LogP contribution in [-0.4, -0.2) is 9.13 Å². The molecule has 0 bridgehead atoms. The maximum Gasteiger partial charge on any atom is 0.269 e. The van der Waals surface area contributed by atoms with E-state index >= 15 is 0 Å². The highest BCUT2D eigenvalue weighted by atomic mass is 15.3. The quantitative estimate of drug-likeness (QED) is 0.328. The Bertz CT molecular complexity index is 1430. The zero-order valence-electron chi connectivity index (χ0n) is 16.5. The molecule has 29 heavy (non-hydrogen) atoms. The minimum atomic E-state index is 0.0435. The largest absolute Gasteiger partial charge is 0.269 e. The molecule has 0 saturated heterocycles. The second kappa shape index (κ2) is 5.92. The molecule has 2 heterocycles. The molecular weight excluding hydrogens is 356 g/mol. The smallest absolute Gasteiger partial charge is 0.239 e. The van der Waals surface area contributed by atoms with Crippen LogP contribution >= 0.6 is 0 Å². The van der Waals surface area contributed by atoms with Gasteiger partial charge in [-0.15, -0.1) is 0 Å². The lowest BCUT2D eigenvalue weighted by Gasteiger charge is -2.17. The highest BCUT2D eigenvalue weighted by molar-refractivity contribution is 6.23. The molecule has 0 unspecified atom stereocenters. The van der Waals surface area contributed by atoms with E-state index in [1.807, 2.05) is 0 Å². The average molecular weight is 378 g/mol. The van der Waals surface area contributed by atoms with E-state index in [1.165, 1.54) is 37.9 Å². The molecular formula is C25H22N4+2. The van der Waals surface area contributed by atoms with Gasteiger partial charge >= 0.3 is 0 Å². The maximum atomic E-state index is 2.29. The van der Waals surface area contributed by atoms with Gasteiger partial charge in [-0.3, -0.25) is 0 Å². The summed E-state index contributed by atoms with van der Waals surface area (Å²) in [4.78, 5) is 0. The third-order valence-electron chi connectivity index (χ3n) is 5.98. The van der Waals surface area contributed by atoms with Crippen LogP contribution in [0.3, 0.4) is 0 Å². The first-order valence-electron chi connectivity index (χ1n) is 9.91. The van der Waals surface area contributed by atoms with Crippen molar-refractivity contribution in [2.75, 3.05) is 0 Å². The number of benzene rings is 4. The molecule has 0 saturated carbocycles. The molecule has 0 aliphatic heterocycles. The van der Waals surface area contributed by atoms with Gasteiger partial charge in [0.05, 0.1) is 14.1 Å². The van der Waals surface area contributed by atoms with Gasteiger partial charge in [-0.2, -0.15) is 9.13 Å². The Balaban J connectivity index is 1.72. The molecule has 4 heteroatoms. The summed E-state index contributed by atoms with van der Waals surface area (Å²) in [5.74, 6) is 0. The van der Waals surface area contributed by atoms with Gasteiger partial charge in [-0.25, -0.2) is 9.13 Å². The van der Waals surface area contributed by atoms with Crippen LogP contribution in [-0.2, 0) is 14.1 Å². The van der Waals surface area contributed by atoms with Gasteiger partial charge in [0.15, 0.2) is 0 Å². The molecule has 6 aromatic rings. The maximum absolute atomic E-state index is 2.29. The van der Waals surface area contributed by atoms with Crippen molar-refractivity contribution >= 4 is 32.3 Å². The topological polar surface area (TPSA) is 17.6 Å². The third kappa shape index (κ3) is 2.39. The fourth-order valence-corrected chi connectivity index (χ4v) is 4.69. The van der Waals surface area contributed by atoms with Gasteiger partial charge < -0.3 is 0 Å². The molecule has 0 N–H and O–H groups in total. The number of aromatic nitrogens is 4. The van der Waals surface area contributed by atoms with Crippen molar-refractivity contribution in [3.8, 4) is 0 Å². The number of rotatable bonds is 3. The minimum absolute atomic E-state index is 0.0435. The monoisotopic (exact) mass is 378 g/mol. The molecule has 0 spiro atoms. The number of nitrogens with zero attached hydrogens (tertiary/aromatic N) is 4. The summed E-state index contributed by atoms with van der Waals surface area (Å²) in [5, 5.41) is 7.92. The van der Waals surface area contributed by atoms with Crippen LogP contribution in [0.25, 0.3) is 32.3 Å². The van der Waals surface area contributed by atoms with E-state index < -0.39 is 0 Å². The van der Waals surface area contributed by atoms with E-state index in [-0.39, 0.29) is 6.17 Å². The molecule has 2 aromatic heterocycles. The van der Waals surface area contributed by atoms with Gasteiger partial charge in [0, 0.05) is 5.56 Å². The zero-order chi connectivity index (χ0) is 19.5. The van der Waals surface area contributed by atoms with Crippen LogP contribution in [0, 0.1) is 0 Å². The van der Waals surface area contributed by atoms with Crippen molar-refractivity contribution in [1.82, 2.24) is 9.13 Å². The van der Waals surface area contributed by atoms with E-state index in [0.717, 1.165) is 0 Å². The molecule has 0 aliphatic rings.